The maximum absolute atomic E-state index is 12.2. The number of halogens is 3. The van der Waals surface area contributed by atoms with Crippen LogP contribution in [-0.4, -0.2) is 57.3 Å². The van der Waals surface area contributed by atoms with Crippen molar-refractivity contribution in [3.8, 4) is 11.4 Å². The molecule has 2 rings (SSSR count). The minimum Gasteiger partial charge on any atom is -0.383 e. The van der Waals surface area contributed by atoms with Crippen LogP contribution >= 0.6 is 11.8 Å². The predicted octanol–water partition coefficient (Wildman–Crippen LogP) is 2.15. The maximum atomic E-state index is 12.2. The molecule has 0 spiro atoms. The van der Waals surface area contributed by atoms with E-state index in [9.17, 15) is 18.0 Å². The van der Waals surface area contributed by atoms with E-state index in [-0.39, 0.29) is 0 Å². The summed E-state index contributed by atoms with van der Waals surface area (Å²) in [5.41, 5.74) is 0.782. The number of amides is 1. The number of alkyl halides is 3. The van der Waals surface area contributed by atoms with E-state index in [1.165, 1.54) is 6.92 Å². The van der Waals surface area contributed by atoms with Crippen molar-refractivity contribution < 1.29 is 22.7 Å². The van der Waals surface area contributed by atoms with E-state index in [1.807, 2.05) is 5.32 Å². The predicted molar refractivity (Wildman–Crippen MR) is 89.5 cm³/mol. The van der Waals surface area contributed by atoms with Crippen LogP contribution in [0.1, 0.15) is 6.92 Å². The van der Waals surface area contributed by atoms with Gasteiger partial charge in [0.15, 0.2) is 11.0 Å². The minimum absolute atomic E-state index is 0.387. The van der Waals surface area contributed by atoms with Crippen molar-refractivity contribution in [2.24, 2.45) is 0 Å². The van der Waals surface area contributed by atoms with Gasteiger partial charge in [0.05, 0.1) is 18.4 Å². The zero-order chi connectivity index (χ0) is 19.2. The fraction of sp³-hybridized carbons (Fsp3) is 0.467. The molecular formula is C15H18F3N5O2S. The van der Waals surface area contributed by atoms with E-state index >= 15 is 0 Å². The van der Waals surface area contributed by atoms with Gasteiger partial charge in [-0.2, -0.15) is 13.2 Å². The Labute approximate surface area is 152 Å². The van der Waals surface area contributed by atoms with Crippen LogP contribution < -0.4 is 5.32 Å². The van der Waals surface area contributed by atoms with Crippen molar-refractivity contribution in [1.82, 2.24) is 25.1 Å². The number of methoxy groups -OCH3 is 1. The number of aromatic nitrogens is 4. The summed E-state index contributed by atoms with van der Waals surface area (Å²) in [6, 6.07) is 3.53. The number of hydrogen-bond acceptors (Lipinski definition) is 6. The number of pyridine rings is 1. The molecule has 1 N–H and O–H groups in total. The Morgan fingerprint density at radius 1 is 1.35 bits per heavy atom. The molecule has 1 atom stereocenters. The third kappa shape index (κ3) is 5.70. The largest absolute Gasteiger partial charge is 0.405 e. The number of hydrogen-bond donors (Lipinski definition) is 1. The second kappa shape index (κ2) is 8.99. The average molecular weight is 389 g/mol. The molecule has 142 valence electrons. The Morgan fingerprint density at radius 3 is 2.65 bits per heavy atom. The summed E-state index contributed by atoms with van der Waals surface area (Å²) in [6.07, 6.45) is -1.22. The molecule has 0 radical (unpaired) electrons. The highest BCUT2D eigenvalue weighted by Gasteiger charge is 2.29. The molecule has 0 bridgehead atoms. The Kier molecular flexibility index (Phi) is 6.98. The first-order chi connectivity index (χ1) is 12.3. The van der Waals surface area contributed by atoms with Gasteiger partial charge in [-0.3, -0.25) is 14.3 Å². The van der Waals surface area contributed by atoms with Gasteiger partial charge in [-0.05, 0) is 19.1 Å². The summed E-state index contributed by atoms with van der Waals surface area (Å²) in [5.74, 6) is -0.158. The molecule has 0 aliphatic heterocycles. The van der Waals surface area contributed by atoms with E-state index in [2.05, 4.69) is 15.2 Å². The first-order valence-corrected chi connectivity index (χ1v) is 8.53. The van der Waals surface area contributed by atoms with E-state index < -0.39 is 23.9 Å². The standard InChI is InChI=1S/C15H18F3N5O2S/c1-10(13(24)20-9-15(16,17)18)26-14-22-21-12(23(14)7-8-25-2)11-3-5-19-6-4-11/h3-6,10H,7-9H2,1-2H3,(H,20,24). The normalized spacial score (nSPS) is 12.8. The fourth-order valence-electron chi connectivity index (χ4n) is 2.02. The van der Waals surface area contributed by atoms with Crippen LogP contribution in [0.15, 0.2) is 29.7 Å². The zero-order valence-corrected chi connectivity index (χ0v) is 15.0. The van der Waals surface area contributed by atoms with E-state index in [1.54, 1.807) is 36.2 Å². The summed E-state index contributed by atoms with van der Waals surface area (Å²) in [7, 11) is 1.55. The number of carbonyl (C=O) groups excluding carboxylic acids is 1. The van der Waals surface area contributed by atoms with Crippen LogP contribution in [0.5, 0.6) is 0 Å². The molecule has 7 nitrogen and oxygen atoms in total. The molecule has 2 heterocycles. The quantitative estimate of drug-likeness (QED) is 0.697. The van der Waals surface area contributed by atoms with Crippen molar-refractivity contribution in [2.75, 3.05) is 20.3 Å². The van der Waals surface area contributed by atoms with Gasteiger partial charge < -0.3 is 10.1 Å². The lowest BCUT2D eigenvalue weighted by molar-refractivity contribution is -0.137. The summed E-state index contributed by atoms with van der Waals surface area (Å²) < 4.78 is 43.5. The molecule has 26 heavy (non-hydrogen) atoms. The third-order valence-corrected chi connectivity index (χ3v) is 4.37. The summed E-state index contributed by atoms with van der Waals surface area (Å²) in [5, 5.41) is 9.73. The molecule has 1 amide bonds. The van der Waals surface area contributed by atoms with Gasteiger partial charge in [-0.25, -0.2) is 0 Å². The Hall–Kier alpha value is -2.14. The topological polar surface area (TPSA) is 81.9 Å². The molecule has 11 heteroatoms. The number of nitrogens with zero attached hydrogens (tertiary/aromatic N) is 4. The van der Waals surface area contributed by atoms with Crippen LogP contribution in [0.2, 0.25) is 0 Å². The molecule has 0 saturated heterocycles. The molecule has 0 aliphatic carbocycles. The van der Waals surface area contributed by atoms with Crippen LogP contribution in [0.25, 0.3) is 11.4 Å². The molecular weight excluding hydrogens is 371 g/mol. The van der Waals surface area contributed by atoms with Gasteiger partial charge in [0.1, 0.15) is 6.54 Å². The zero-order valence-electron chi connectivity index (χ0n) is 14.2. The number of thioether (sulfide) groups is 1. The van der Waals surface area contributed by atoms with Crippen molar-refractivity contribution in [3.05, 3.63) is 24.5 Å². The highest BCUT2D eigenvalue weighted by Crippen LogP contribution is 2.26. The van der Waals surface area contributed by atoms with Crippen LogP contribution in [0, 0.1) is 0 Å². The van der Waals surface area contributed by atoms with Gasteiger partial charge in [0, 0.05) is 25.1 Å². The van der Waals surface area contributed by atoms with Crippen molar-refractivity contribution >= 4 is 17.7 Å². The maximum Gasteiger partial charge on any atom is 0.405 e. The Morgan fingerprint density at radius 2 is 2.04 bits per heavy atom. The smallest absolute Gasteiger partial charge is 0.383 e. The first kappa shape index (κ1) is 20.2. The van der Waals surface area contributed by atoms with Gasteiger partial charge in [0.2, 0.25) is 5.91 Å². The number of nitrogens with one attached hydrogen (secondary N) is 1. The first-order valence-electron chi connectivity index (χ1n) is 7.65. The molecule has 1 unspecified atom stereocenters. The van der Waals surface area contributed by atoms with E-state index in [4.69, 9.17) is 4.74 Å². The lowest BCUT2D eigenvalue weighted by atomic mass is 10.2. The number of carbonyl (C=O) groups is 1. The molecule has 0 aliphatic rings. The minimum atomic E-state index is -4.45. The van der Waals surface area contributed by atoms with Gasteiger partial charge in [-0.1, -0.05) is 11.8 Å². The number of rotatable bonds is 8. The van der Waals surface area contributed by atoms with Gasteiger partial charge in [-0.15, -0.1) is 10.2 Å². The number of ether oxygens (including phenoxy) is 1. The Bertz CT molecular complexity index is 724. The summed E-state index contributed by atoms with van der Waals surface area (Å²) in [4.78, 5) is 15.8. The third-order valence-electron chi connectivity index (χ3n) is 3.29. The monoisotopic (exact) mass is 389 g/mol. The van der Waals surface area contributed by atoms with E-state index in [0.29, 0.717) is 24.1 Å². The second-order valence-electron chi connectivity index (χ2n) is 5.28. The van der Waals surface area contributed by atoms with Gasteiger partial charge >= 0.3 is 6.18 Å². The van der Waals surface area contributed by atoms with Crippen molar-refractivity contribution in [3.63, 3.8) is 0 Å². The molecule has 0 saturated carbocycles. The summed E-state index contributed by atoms with van der Waals surface area (Å²) >= 11 is 1.03. The van der Waals surface area contributed by atoms with Crippen molar-refractivity contribution in [2.45, 2.75) is 30.1 Å². The average Bonchev–Trinajstić information content (AvgIpc) is 3.00. The van der Waals surface area contributed by atoms with E-state index in [0.717, 1.165) is 17.3 Å². The molecule has 2 aromatic rings. The second-order valence-corrected chi connectivity index (χ2v) is 6.59. The lowest BCUT2D eigenvalue weighted by Crippen LogP contribution is -2.38. The molecule has 0 fully saturated rings. The highest BCUT2D eigenvalue weighted by molar-refractivity contribution is 8.00. The molecule has 0 aromatic carbocycles. The van der Waals surface area contributed by atoms with Crippen LogP contribution in [0.3, 0.4) is 0 Å². The van der Waals surface area contributed by atoms with Gasteiger partial charge in [0.25, 0.3) is 0 Å². The summed E-state index contributed by atoms with van der Waals surface area (Å²) in [6.45, 7) is 0.964. The van der Waals surface area contributed by atoms with Crippen LogP contribution in [-0.2, 0) is 16.1 Å². The molecule has 2 aromatic heterocycles. The Balaban J connectivity index is 2.15. The fourth-order valence-corrected chi connectivity index (χ4v) is 2.92. The van der Waals surface area contributed by atoms with Crippen molar-refractivity contribution in [1.29, 1.82) is 0 Å². The van der Waals surface area contributed by atoms with Crippen LogP contribution in [0.4, 0.5) is 13.2 Å². The SMILES string of the molecule is COCCn1c(SC(C)C(=O)NCC(F)(F)F)nnc1-c1ccncc1. The lowest BCUT2D eigenvalue weighted by Gasteiger charge is -2.14. The highest BCUT2D eigenvalue weighted by atomic mass is 32.2.